The summed E-state index contributed by atoms with van der Waals surface area (Å²) in [6.45, 7) is 3.15. The molecule has 0 aromatic heterocycles. The molecule has 2 nitrogen and oxygen atoms in total. The van der Waals surface area contributed by atoms with Crippen LogP contribution < -0.4 is 0 Å². The zero-order valence-corrected chi connectivity index (χ0v) is 12.8. The predicted molar refractivity (Wildman–Crippen MR) is 83.9 cm³/mol. The molecule has 1 saturated heterocycles. The van der Waals surface area contributed by atoms with Crippen molar-refractivity contribution in [2.24, 2.45) is 0 Å². The molecule has 20 heavy (non-hydrogen) atoms. The quantitative estimate of drug-likeness (QED) is 0.793. The molecule has 3 rings (SSSR count). The number of nitrogens with zero attached hydrogens (tertiary/aromatic N) is 1. The molecule has 0 N–H and O–H groups in total. The van der Waals surface area contributed by atoms with Crippen LogP contribution in [-0.4, -0.2) is 23.8 Å². The van der Waals surface area contributed by atoms with Gasteiger partial charge < -0.3 is 0 Å². The van der Waals surface area contributed by atoms with Gasteiger partial charge in [-0.05, 0) is 49.3 Å². The monoisotopic (exact) mass is 329 g/mol. The number of ketones is 1. The average Bonchev–Trinajstić information content (AvgIpc) is 2.43. The minimum atomic E-state index is 0.105. The highest BCUT2D eigenvalue weighted by Gasteiger charge is 2.18. The van der Waals surface area contributed by atoms with Crippen molar-refractivity contribution in [3.8, 4) is 0 Å². The molecule has 0 atom stereocenters. The largest absolute Gasteiger partial charge is 0.299 e. The summed E-state index contributed by atoms with van der Waals surface area (Å²) in [5, 5.41) is 0. The van der Waals surface area contributed by atoms with E-state index >= 15 is 0 Å². The highest BCUT2D eigenvalue weighted by atomic mass is 79.9. The molecule has 1 fully saturated rings. The number of hydrogen-bond acceptors (Lipinski definition) is 2. The Balaban J connectivity index is 1.88. The summed E-state index contributed by atoms with van der Waals surface area (Å²) in [4.78, 5) is 15.0. The second-order valence-electron chi connectivity index (χ2n) is 5.12. The van der Waals surface area contributed by atoms with E-state index in [0.29, 0.717) is 0 Å². The Morgan fingerprint density at radius 2 is 1.75 bits per heavy atom. The molecule has 2 aromatic rings. The third-order valence-corrected chi connectivity index (χ3v) is 4.24. The summed E-state index contributed by atoms with van der Waals surface area (Å²) in [5.74, 6) is 0.105. The highest BCUT2D eigenvalue weighted by Crippen LogP contribution is 2.20. The molecule has 1 heterocycles. The Labute approximate surface area is 127 Å². The summed E-state index contributed by atoms with van der Waals surface area (Å²) in [6, 6.07) is 15.5. The van der Waals surface area contributed by atoms with E-state index in [9.17, 15) is 4.79 Å². The molecule has 102 valence electrons. The first-order valence-corrected chi connectivity index (χ1v) is 7.64. The summed E-state index contributed by atoms with van der Waals surface area (Å²) in [7, 11) is 0. The van der Waals surface area contributed by atoms with Crippen molar-refractivity contribution in [1.82, 2.24) is 4.90 Å². The van der Waals surface area contributed by atoms with Crippen LogP contribution in [-0.2, 0) is 6.54 Å². The number of likely N-dealkylation sites (tertiary alicyclic amines) is 1. The SMILES string of the molecule is O=C(c1ccc(Br)cc1)c1ccccc1CN1CCC1. The normalized spacial score (nSPS) is 14.8. The van der Waals surface area contributed by atoms with Gasteiger partial charge in [-0.15, -0.1) is 0 Å². The fourth-order valence-electron chi connectivity index (χ4n) is 2.42. The maximum Gasteiger partial charge on any atom is 0.193 e. The van der Waals surface area contributed by atoms with Gasteiger partial charge in [0, 0.05) is 22.1 Å². The van der Waals surface area contributed by atoms with E-state index in [4.69, 9.17) is 0 Å². The first kappa shape index (κ1) is 13.5. The number of rotatable bonds is 4. The third kappa shape index (κ3) is 2.84. The minimum absolute atomic E-state index is 0.105. The van der Waals surface area contributed by atoms with Gasteiger partial charge >= 0.3 is 0 Å². The summed E-state index contributed by atoms with van der Waals surface area (Å²) >= 11 is 3.40. The van der Waals surface area contributed by atoms with Crippen molar-refractivity contribution >= 4 is 21.7 Å². The standard InChI is InChI=1S/C17H16BrNO/c18-15-8-6-13(7-9-15)17(20)16-5-2-1-4-14(16)12-19-10-3-11-19/h1-2,4-9H,3,10-12H2. The van der Waals surface area contributed by atoms with Gasteiger partial charge in [-0.2, -0.15) is 0 Å². The van der Waals surface area contributed by atoms with Gasteiger partial charge in [0.15, 0.2) is 5.78 Å². The molecular weight excluding hydrogens is 314 g/mol. The third-order valence-electron chi connectivity index (χ3n) is 3.71. The van der Waals surface area contributed by atoms with E-state index in [-0.39, 0.29) is 5.78 Å². The predicted octanol–water partition coefficient (Wildman–Crippen LogP) is 3.89. The molecule has 0 bridgehead atoms. The Bertz CT molecular complexity index is 617. The molecule has 0 aliphatic carbocycles. The van der Waals surface area contributed by atoms with Crippen LogP contribution >= 0.6 is 15.9 Å². The number of halogens is 1. The first-order chi connectivity index (χ1) is 9.74. The first-order valence-electron chi connectivity index (χ1n) is 6.84. The smallest absolute Gasteiger partial charge is 0.193 e. The fourth-order valence-corrected chi connectivity index (χ4v) is 2.68. The topological polar surface area (TPSA) is 20.3 Å². The van der Waals surface area contributed by atoms with E-state index in [1.165, 1.54) is 6.42 Å². The number of benzene rings is 2. The van der Waals surface area contributed by atoms with Crippen LogP contribution in [0.5, 0.6) is 0 Å². The van der Waals surface area contributed by atoms with Crippen LogP contribution in [0.2, 0.25) is 0 Å². The maximum absolute atomic E-state index is 12.6. The van der Waals surface area contributed by atoms with Crippen molar-refractivity contribution in [2.45, 2.75) is 13.0 Å². The van der Waals surface area contributed by atoms with E-state index < -0.39 is 0 Å². The maximum atomic E-state index is 12.6. The molecule has 3 heteroatoms. The number of hydrogen-bond donors (Lipinski definition) is 0. The van der Waals surface area contributed by atoms with E-state index in [1.807, 2.05) is 42.5 Å². The van der Waals surface area contributed by atoms with Crippen molar-refractivity contribution in [2.75, 3.05) is 13.1 Å². The molecule has 0 saturated carbocycles. The zero-order valence-electron chi connectivity index (χ0n) is 11.2. The molecule has 2 aromatic carbocycles. The van der Waals surface area contributed by atoms with Crippen LogP contribution in [0.3, 0.4) is 0 Å². The van der Waals surface area contributed by atoms with Gasteiger partial charge in [-0.3, -0.25) is 9.69 Å². The van der Waals surface area contributed by atoms with Gasteiger partial charge in [-0.1, -0.05) is 40.2 Å². The van der Waals surface area contributed by atoms with Crippen molar-refractivity contribution in [1.29, 1.82) is 0 Å². The Kier molecular flexibility index (Phi) is 3.99. The van der Waals surface area contributed by atoms with E-state index in [0.717, 1.165) is 40.8 Å². The molecule has 0 unspecified atom stereocenters. The van der Waals surface area contributed by atoms with Crippen molar-refractivity contribution in [3.05, 3.63) is 69.7 Å². The summed E-state index contributed by atoms with van der Waals surface area (Å²) in [6.07, 6.45) is 1.27. The van der Waals surface area contributed by atoms with Crippen LogP contribution in [0.25, 0.3) is 0 Å². The molecule has 1 aliphatic rings. The molecule has 0 amide bonds. The van der Waals surface area contributed by atoms with E-state index in [2.05, 4.69) is 26.9 Å². The summed E-state index contributed by atoms with van der Waals surface area (Å²) in [5.41, 5.74) is 2.69. The van der Waals surface area contributed by atoms with Crippen molar-refractivity contribution in [3.63, 3.8) is 0 Å². The second kappa shape index (κ2) is 5.90. The van der Waals surface area contributed by atoms with Gasteiger partial charge in [0.1, 0.15) is 0 Å². The van der Waals surface area contributed by atoms with Gasteiger partial charge in [-0.25, -0.2) is 0 Å². The number of carbonyl (C=O) groups excluding carboxylic acids is 1. The molecule has 0 spiro atoms. The second-order valence-corrected chi connectivity index (χ2v) is 6.04. The lowest BCUT2D eigenvalue weighted by Gasteiger charge is -2.31. The molecule has 1 aliphatic heterocycles. The number of carbonyl (C=O) groups is 1. The van der Waals surface area contributed by atoms with Crippen LogP contribution in [0.4, 0.5) is 0 Å². The van der Waals surface area contributed by atoms with Crippen LogP contribution in [0.15, 0.2) is 53.0 Å². The van der Waals surface area contributed by atoms with Crippen LogP contribution in [0.1, 0.15) is 27.9 Å². The van der Waals surface area contributed by atoms with Gasteiger partial charge in [0.05, 0.1) is 0 Å². The Hall–Kier alpha value is -1.45. The summed E-state index contributed by atoms with van der Waals surface area (Å²) < 4.78 is 0.989. The molecular formula is C17H16BrNO. The highest BCUT2D eigenvalue weighted by molar-refractivity contribution is 9.10. The fraction of sp³-hybridized carbons (Fsp3) is 0.235. The van der Waals surface area contributed by atoms with Crippen LogP contribution in [0, 0.1) is 0 Å². The zero-order chi connectivity index (χ0) is 13.9. The lowest BCUT2D eigenvalue weighted by atomic mass is 9.97. The Morgan fingerprint density at radius 1 is 1.05 bits per heavy atom. The van der Waals surface area contributed by atoms with E-state index in [1.54, 1.807) is 0 Å². The minimum Gasteiger partial charge on any atom is -0.299 e. The van der Waals surface area contributed by atoms with Gasteiger partial charge in [0.25, 0.3) is 0 Å². The van der Waals surface area contributed by atoms with Gasteiger partial charge in [0.2, 0.25) is 0 Å². The Morgan fingerprint density at radius 3 is 2.40 bits per heavy atom. The van der Waals surface area contributed by atoms with Crippen molar-refractivity contribution < 1.29 is 4.79 Å². The lowest BCUT2D eigenvalue weighted by Crippen LogP contribution is -2.36. The lowest BCUT2D eigenvalue weighted by molar-refractivity contribution is 0.103. The average molecular weight is 330 g/mol. The molecule has 0 radical (unpaired) electrons.